The Kier molecular flexibility index (Phi) is 3.99. The molecule has 1 saturated heterocycles. The van der Waals surface area contributed by atoms with E-state index in [1.807, 2.05) is 6.07 Å². The Labute approximate surface area is 126 Å². The molecule has 8 heteroatoms. The molecule has 1 fully saturated rings. The topological polar surface area (TPSA) is 89.9 Å². The first-order chi connectivity index (χ1) is 10.6. The van der Waals surface area contributed by atoms with Crippen LogP contribution in [0, 0.1) is 5.82 Å². The van der Waals surface area contributed by atoms with Crippen LogP contribution in [0.5, 0.6) is 0 Å². The molecule has 0 bridgehead atoms. The lowest BCUT2D eigenvalue weighted by Gasteiger charge is -2.36. The molecule has 1 amide bonds. The number of rotatable bonds is 3. The van der Waals surface area contributed by atoms with Gasteiger partial charge in [-0.25, -0.2) is 9.07 Å². The van der Waals surface area contributed by atoms with Gasteiger partial charge in [0, 0.05) is 6.54 Å². The molecule has 3 rings (SSSR count). The van der Waals surface area contributed by atoms with Crippen molar-refractivity contribution in [2.75, 3.05) is 12.3 Å². The van der Waals surface area contributed by atoms with E-state index >= 15 is 0 Å². The van der Waals surface area contributed by atoms with Crippen molar-refractivity contribution in [2.45, 2.75) is 31.8 Å². The zero-order valence-electron chi connectivity index (χ0n) is 12.0. The molecule has 22 heavy (non-hydrogen) atoms. The van der Waals surface area contributed by atoms with Crippen LogP contribution in [0.25, 0.3) is 0 Å². The fourth-order valence-electron chi connectivity index (χ4n) is 2.83. The van der Waals surface area contributed by atoms with E-state index in [-0.39, 0.29) is 30.3 Å². The van der Waals surface area contributed by atoms with Crippen LogP contribution in [0.3, 0.4) is 0 Å². The van der Waals surface area contributed by atoms with Gasteiger partial charge in [0.05, 0.1) is 6.04 Å². The number of piperidine rings is 1. The third kappa shape index (κ3) is 2.90. The average molecular weight is 304 g/mol. The maximum Gasteiger partial charge on any atom is 0.245 e. The van der Waals surface area contributed by atoms with Crippen molar-refractivity contribution in [1.29, 1.82) is 0 Å². The van der Waals surface area contributed by atoms with Crippen molar-refractivity contribution >= 4 is 11.9 Å². The molecule has 2 heterocycles. The number of halogens is 1. The van der Waals surface area contributed by atoms with Gasteiger partial charge in [-0.05, 0) is 47.4 Å². The van der Waals surface area contributed by atoms with Gasteiger partial charge >= 0.3 is 0 Å². The first-order valence-electron chi connectivity index (χ1n) is 7.22. The molecule has 116 valence electrons. The Morgan fingerprint density at radius 2 is 2.27 bits per heavy atom. The lowest BCUT2D eigenvalue weighted by molar-refractivity contribution is -0.135. The molecule has 1 unspecified atom stereocenters. The van der Waals surface area contributed by atoms with Crippen LogP contribution in [0.15, 0.2) is 24.3 Å². The van der Waals surface area contributed by atoms with Gasteiger partial charge in [-0.15, -0.1) is 0 Å². The number of nitrogens with two attached hydrogens (primary N) is 1. The van der Waals surface area contributed by atoms with Gasteiger partial charge in [-0.3, -0.25) is 4.79 Å². The summed E-state index contributed by atoms with van der Waals surface area (Å²) in [6, 6.07) is 6.29. The number of aromatic nitrogens is 4. The molecule has 2 N–H and O–H groups in total. The van der Waals surface area contributed by atoms with Crippen molar-refractivity contribution in [2.24, 2.45) is 0 Å². The summed E-state index contributed by atoms with van der Waals surface area (Å²) in [5.41, 5.74) is 6.41. The first kappa shape index (κ1) is 14.4. The zero-order chi connectivity index (χ0) is 15.5. The Balaban J connectivity index is 1.80. The van der Waals surface area contributed by atoms with E-state index in [0.29, 0.717) is 6.54 Å². The van der Waals surface area contributed by atoms with Crippen LogP contribution in [0.4, 0.5) is 10.3 Å². The number of benzene rings is 1. The smallest absolute Gasteiger partial charge is 0.245 e. The Morgan fingerprint density at radius 3 is 3.00 bits per heavy atom. The van der Waals surface area contributed by atoms with Crippen LogP contribution in [-0.2, 0) is 11.3 Å². The van der Waals surface area contributed by atoms with Crippen LogP contribution in [0.2, 0.25) is 0 Å². The second-order valence-corrected chi connectivity index (χ2v) is 5.35. The second-order valence-electron chi connectivity index (χ2n) is 5.35. The van der Waals surface area contributed by atoms with Gasteiger partial charge in [0.25, 0.3) is 0 Å². The quantitative estimate of drug-likeness (QED) is 0.918. The van der Waals surface area contributed by atoms with E-state index in [1.54, 1.807) is 11.0 Å². The number of likely N-dealkylation sites (tertiary alicyclic amines) is 1. The summed E-state index contributed by atoms with van der Waals surface area (Å²) >= 11 is 0. The third-order valence-electron chi connectivity index (χ3n) is 3.90. The highest BCUT2D eigenvalue weighted by Crippen LogP contribution is 2.31. The zero-order valence-corrected chi connectivity index (χ0v) is 12.0. The minimum atomic E-state index is -0.291. The number of hydrogen-bond acceptors (Lipinski definition) is 5. The standard InChI is InChI=1S/C14H17FN6O/c15-11-5-3-4-10(8-11)12-6-1-2-7-20(12)13(22)9-21-14(16)17-18-19-21/h3-5,8,12H,1-2,6-7,9H2,(H2,16,17,19). The fourth-order valence-corrected chi connectivity index (χ4v) is 2.83. The number of hydrogen-bond donors (Lipinski definition) is 1. The van der Waals surface area contributed by atoms with E-state index in [4.69, 9.17) is 5.73 Å². The van der Waals surface area contributed by atoms with Gasteiger partial charge in [0.15, 0.2) is 0 Å². The molecule has 2 aromatic rings. The summed E-state index contributed by atoms with van der Waals surface area (Å²) in [4.78, 5) is 14.3. The number of amides is 1. The summed E-state index contributed by atoms with van der Waals surface area (Å²) in [7, 11) is 0. The van der Waals surface area contributed by atoms with E-state index < -0.39 is 0 Å². The average Bonchev–Trinajstić information content (AvgIpc) is 2.92. The predicted octanol–water partition coefficient (Wildman–Crippen LogP) is 1.15. The number of carbonyl (C=O) groups excluding carboxylic acids is 1. The number of tetrazole rings is 1. The summed E-state index contributed by atoms with van der Waals surface area (Å²) in [5.74, 6) is -0.305. The van der Waals surface area contributed by atoms with Crippen molar-refractivity contribution in [3.05, 3.63) is 35.6 Å². The molecular weight excluding hydrogens is 287 g/mol. The van der Waals surface area contributed by atoms with Gasteiger partial charge in [0.1, 0.15) is 12.4 Å². The summed E-state index contributed by atoms with van der Waals surface area (Å²) in [5, 5.41) is 10.7. The van der Waals surface area contributed by atoms with E-state index in [2.05, 4.69) is 15.5 Å². The SMILES string of the molecule is Nc1nnnn1CC(=O)N1CCCCC1c1cccc(F)c1. The van der Waals surface area contributed by atoms with E-state index in [0.717, 1.165) is 24.8 Å². The minimum Gasteiger partial charge on any atom is -0.367 e. The lowest BCUT2D eigenvalue weighted by Crippen LogP contribution is -2.40. The van der Waals surface area contributed by atoms with Crippen LogP contribution in [-0.4, -0.2) is 37.6 Å². The molecule has 1 aromatic heterocycles. The normalized spacial score (nSPS) is 18.4. The largest absolute Gasteiger partial charge is 0.367 e. The molecule has 1 aromatic carbocycles. The van der Waals surface area contributed by atoms with Crippen LogP contribution in [0.1, 0.15) is 30.9 Å². The summed E-state index contributed by atoms with van der Waals surface area (Å²) in [6.07, 6.45) is 2.76. The molecule has 1 aliphatic rings. The number of nitrogens with zero attached hydrogens (tertiary/aromatic N) is 5. The fraction of sp³-hybridized carbons (Fsp3) is 0.429. The molecular formula is C14H17FN6O. The number of anilines is 1. The highest BCUT2D eigenvalue weighted by Gasteiger charge is 2.28. The van der Waals surface area contributed by atoms with Crippen molar-refractivity contribution in [1.82, 2.24) is 25.1 Å². The van der Waals surface area contributed by atoms with Crippen molar-refractivity contribution < 1.29 is 9.18 Å². The molecule has 1 aliphatic heterocycles. The molecule has 0 saturated carbocycles. The molecule has 7 nitrogen and oxygen atoms in total. The van der Waals surface area contributed by atoms with Crippen molar-refractivity contribution in [3.8, 4) is 0 Å². The highest BCUT2D eigenvalue weighted by atomic mass is 19.1. The predicted molar refractivity (Wildman–Crippen MR) is 76.9 cm³/mol. The van der Waals surface area contributed by atoms with Gasteiger partial charge in [0.2, 0.25) is 11.9 Å². The first-order valence-corrected chi connectivity index (χ1v) is 7.22. The van der Waals surface area contributed by atoms with Crippen molar-refractivity contribution in [3.63, 3.8) is 0 Å². The Bertz CT molecular complexity index is 673. The number of nitrogen functional groups attached to an aromatic ring is 1. The summed E-state index contributed by atoms with van der Waals surface area (Å²) in [6.45, 7) is 0.632. The monoisotopic (exact) mass is 304 g/mol. The maximum absolute atomic E-state index is 13.5. The van der Waals surface area contributed by atoms with E-state index in [1.165, 1.54) is 16.8 Å². The molecule has 0 spiro atoms. The molecule has 1 atom stereocenters. The Hall–Kier alpha value is -2.51. The highest BCUT2D eigenvalue weighted by molar-refractivity contribution is 5.76. The van der Waals surface area contributed by atoms with Gasteiger partial charge in [-0.1, -0.05) is 17.2 Å². The lowest BCUT2D eigenvalue weighted by atomic mass is 9.95. The minimum absolute atomic E-state index is 0.00928. The van der Waals surface area contributed by atoms with Gasteiger partial charge in [-0.2, -0.15) is 0 Å². The molecule has 0 radical (unpaired) electrons. The van der Waals surface area contributed by atoms with Crippen LogP contribution < -0.4 is 5.73 Å². The summed E-state index contributed by atoms with van der Waals surface area (Å²) < 4.78 is 14.7. The van der Waals surface area contributed by atoms with Gasteiger partial charge < -0.3 is 10.6 Å². The Morgan fingerprint density at radius 1 is 1.41 bits per heavy atom. The third-order valence-corrected chi connectivity index (χ3v) is 3.90. The second kappa shape index (κ2) is 6.08. The number of carbonyl (C=O) groups is 1. The van der Waals surface area contributed by atoms with E-state index in [9.17, 15) is 9.18 Å². The maximum atomic E-state index is 13.5. The van der Waals surface area contributed by atoms with Crippen LogP contribution >= 0.6 is 0 Å². The molecule has 0 aliphatic carbocycles.